The first kappa shape index (κ1) is 31.4. The second-order valence-corrected chi connectivity index (χ2v) is 15.0. The molecule has 0 aromatic carbocycles. The van der Waals surface area contributed by atoms with E-state index in [-0.39, 0.29) is 41.7 Å². The fourth-order valence-corrected chi connectivity index (χ4v) is 10.6. The molecule has 1 saturated heterocycles. The number of cyclic esters (lactones) is 1. The molecule has 2 aliphatic heterocycles. The first-order valence-electron chi connectivity index (χ1n) is 16.9. The van der Waals surface area contributed by atoms with E-state index in [9.17, 15) is 25.2 Å². The second-order valence-electron chi connectivity index (χ2n) is 15.0. The number of aromatic nitrogens is 1. The molecule has 12 atom stereocenters. The van der Waals surface area contributed by atoms with E-state index in [0.29, 0.717) is 51.7 Å². The maximum absolute atomic E-state index is 12.7. The van der Waals surface area contributed by atoms with Gasteiger partial charge < -0.3 is 34.6 Å². The van der Waals surface area contributed by atoms with Crippen molar-refractivity contribution in [2.45, 2.75) is 127 Å². The van der Waals surface area contributed by atoms with Gasteiger partial charge in [-0.3, -0.25) is 9.98 Å². The van der Waals surface area contributed by atoms with Gasteiger partial charge in [-0.05, 0) is 99.3 Å². The van der Waals surface area contributed by atoms with E-state index in [1.54, 1.807) is 25.4 Å². The average Bonchev–Trinajstić information content (AvgIpc) is 3.56. The zero-order chi connectivity index (χ0) is 31.6. The summed E-state index contributed by atoms with van der Waals surface area (Å²) in [5.74, 6) is -0.164. The minimum atomic E-state index is -1.09. The predicted octanol–water partition coefficient (Wildman–Crippen LogP) is 3.25. The lowest BCUT2D eigenvalue weighted by molar-refractivity contribution is -0.282. The fourth-order valence-electron chi connectivity index (χ4n) is 10.6. The van der Waals surface area contributed by atoms with Crippen LogP contribution in [0.3, 0.4) is 0 Å². The molecule has 4 saturated carbocycles. The molecule has 45 heavy (non-hydrogen) atoms. The molecule has 1 aromatic heterocycles. The van der Waals surface area contributed by atoms with Gasteiger partial charge in [0.05, 0.1) is 36.1 Å². The molecule has 0 amide bonds. The van der Waals surface area contributed by atoms with Gasteiger partial charge in [-0.25, -0.2) is 4.79 Å². The Morgan fingerprint density at radius 2 is 1.84 bits per heavy atom. The van der Waals surface area contributed by atoms with Crippen molar-refractivity contribution in [3.05, 3.63) is 41.7 Å². The number of aliphatic hydroxyl groups is 4. The highest BCUT2D eigenvalue weighted by Gasteiger charge is 2.71. The Kier molecular flexibility index (Phi) is 8.02. The van der Waals surface area contributed by atoms with Crippen molar-refractivity contribution in [3.8, 4) is 0 Å². The third-order valence-corrected chi connectivity index (χ3v) is 13.0. The second kappa shape index (κ2) is 11.5. The number of ether oxygens (including phenoxy) is 3. The SMILES string of the molecule is C[C@@H]1O[C@H](O[C@H]2CC[C@]3(C=NCc4ccncc4)[C@H]4CC[C@]5(C)[C@@H](C6=CC(=O)OC6)CC[C@]5(O)[C@@H]4CC[C@]3(O)C2)C[C@H](O)[C@@H]1O. The number of carbonyl (C=O) groups excluding carboxylic acids is 1. The zero-order valence-electron chi connectivity index (χ0n) is 26.4. The summed E-state index contributed by atoms with van der Waals surface area (Å²) in [5.41, 5.74) is -0.971. The first-order valence-corrected chi connectivity index (χ1v) is 16.9. The quantitative estimate of drug-likeness (QED) is 0.212. The minimum Gasteiger partial charge on any atom is -0.458 e. The maximum atomic E-state index is 12.7. The third kappa shape index (κ3) is 5.02. The number of rotatable bonds is 6. The lowest BCUT2D eigenvalue weighted by Gasteiger charge is -2.66. The summed E-state index contributed by atoms with van der Waals surface area (Å²) in [6.07, 6.45) is 10.2. The highest BCUT2D eigenvalue weighted by Crippen LogP contribution is 2.70. The summed E-state index contributed by atoms with van der Waals surface area (Å²) < 4.78 is 17.5. The fraction of sp³-hybridized carbons (Fsp3) is 0.743. The van der Waals surface area contributed by atoms with Gasteiger partial charge >= 0.3 is 5.97 Å². The Labute approximate surface area is 264 Å². The van der Waals surface area contributed by atoms with E-state index in [0.717, 1.165) is 30.4 Å². The molecule has 5 fully saturated rings. The zero-order valence-corrected chi connectivity index (χ0v) is 26.4. The summed E-state index contributed by atoms with van der Waals surface area (Å²) in [7, 11) is 0. The highest BCUT2D eigenvalue weighted by atomic mass is 16.7. The van der Waals surface area contributed by atoms with E-state index in [2.05, 4.69) is 11.9 Å². The van der Waals surface area contributed by atoms with Crippen LogP contribution in [-0.4, -0.2) is 86.1 Å². The van der Waals surface area contributed by atoms with E-state index in [1.165, 1.54) is 0 Å². The van der Waals surface area contributed by atoms with Crippen LogP contribution in [0.2, 0.25) is 0 Å². The lowest BCUT2D eigenvalue weighted by Crippen LogP contribution is -2.69. The Morgan fingerprint density at radius 1 is 1.07 bits per heavy atom. The molecule has 3 heterocycles. The number of carbonyl (C=O) groups is 1. The Bertz CT molecular complexity index is 1330. The van der Waals surface area contributed by atoms with Gasteiger partial charge in [0.2, 0.25) is 0 Å². The Balaban J connectivity index is 1.17. The molecule has 4 N–H and O–H groups in total. The van der Waals surface area contributed by atoms with Gasteiger partial charge in [-0.15, -0.1) is 0 Å². The molecular weight excluding hydrogens is 576 g/mol. The normalized spacial score (nSPS) is 48.0. The number of hydrogen-bond donors (Lipinski definition) is 4. The van der Waals surface area contributed by atoms with Crippen LogP contribution in [0.25, 0.3) is 0 Å². The van der Waals surface area contributed by atoms with Crippen LogP contribution in [0.4, 0.5) is 0 Å². The summed E-state index contributed by atoms with van der Waals surface area (Å²) in [5, 5.41) is 45.9. The van der Waals surface area contributed by atoms with Gasteiger partial charge in [0.15, 0.2) is 6.29 Å². The number of nitrogens with zero attached hydrogens (tertiary/aromatic N) is 2. The number of aliphatic imine (C=N–C) groups is 1. The van der Waals surface area contributed by atoms with Crippen LogP contribution in [-0.2, 0) is 25.5 Å². The summed E-state index contributed by atoms with van der Waals surface area (Å²) >= 11 is 0. The standard InChI is InChI=1S/C35H48N2O8/c1-21-31(40)28(38)16-30(44-21)45-24-3-10-33(20-37-18-22-7-13-36-14-8-22)26-4-9-32(2)25(23-15-29(39)43-19-23)6-12-35(32,42)27(26)5-11-34(33,41)17-24/h7-8,13-15,20-21,24-28,30-31,38,40-42H,3-6,9-12,16-19H2,1-2H3/t21-,24-,25+,26-,27+,28-,30+,31+,32+,33-,34-,35-/m0/s1. The smallest absolute Gasteiger partial charge is 0.331 e. The molecular formula is C35H48N2O8. The predicted molar refractivity (Wildman–Crippen MR) is 164 cm³/mol. The summed E-state index contributed by atoms with van der Waals surface area (Å²) in [4.78, 5) is 21.1. The molecule has 10 heteroatoms. The topological polar surface area (TPSA) is 151 Å². The van der Waals surface area contributed by atoms with E-state index in [1.807, 2.05) is 18.3 Å². The van der Waals surface area contributed by atoms with Gasteiger partial charge in [-0.2, -0.15) is 0 Å². The highest BCUT2D eigenvalue weighted by molar-refractivity contribution is 5.85. The van der Waals surface area contributed by atoms with Crippen LogP contribution in [0.15, 0.2) is 41.2 Å². The number of pyridine rings is 1. The van der Waals surface area contributed by atoms with Crippen LogP contribution in [0.5, 0.6) is 0 Å². The molecule has 10 nitrogen and oxygen atoms in total. The molecule has 0 bridgehead atoms. The van der Waals surface area contributed by atoms with Crippen molar-refractivity contribution in [3.63, 3.8) is 0 Å². The van der Waals surface area contributed by atoms with Crippen molar-refractivity contribution in [1.29, 1.82) is 0 Å². The monoisotopic (exact) mass is 624 g/mol. The van der Waals surface area contributed by atoms with Crippen molar-refractivity contribution < 1.29 is 39.4 Å². The van der Waals surface area contributed by atoms with Crippen LogP contribution in [0, 0.1) is 28.6 Å². The molecule has 7 rings (SSSR count). The number of aliphatic hydroxyl groups excluding tert-OH is 2. The number of fused-ring (bicyclic) bond motifs is 5. The van der Waals surface area contributed by atoms with Crippen LogP contribution < -0.4 is 0 Å². The molecule has 0 unspecified atom stereocenters. The minimum absolute atomic E-state index is 0.0100. The largest absolute Gasteiger partial charge is 0.458 e. The average molecular weight is 625 g/mol. The van der Waals surface area contributed by atoms with Crippen molar-refractivity contribution in [1.82, 2.24) is 4.98 Å². The molecule has 0 radical (unpaired) electrons. The van der Waals surface area contributed by atoms with Gasteiger partial charge in [0.1, 0.15) is 12.7 Å². The third-order valence-electron chi connectivity index (χ3n) is 13.0. The van der Waals surface area contributed by atoms with Crippen LogP contribution >= 0.6 is 0 Å². The van der Waals surface area contributed by atoms with Crippen molar-refractivity contribution in [2.75, 3.05) is 6.61 Å². The Hall–Kier alpha value is -2.21. The van der Waals surface area contributed by atoms with E-state index in [4.69, 9.17) is 19.2 Å². The number of esters is 1. The molecule has 6 aliphatic rings. The molecule has 4 aliphatic carbocycles. The lowest BCUT2D eigenvalue weighted by atomic mass is 9.41. The van der Waals surface area contributed by atoms with Crippen LogP contribution in [0.1, 0.15) is 83.6 Å². The van der Waals surface area contributed by atoms with Gasteiger partial charge in [0, 0.05) is 48.4 Å². The molecule has 0 spiro atoms. The maximum Gasteiger partial charge on any atom is 0.331 e. The van der Waals surface area contributed by atoms with Gasteiger partial charge in [-0.1, -0.05) is 6.92 Å². The van der Waals surface area contributed by atoms with E-state index >= 15 is 0 Å². The summed E-state index contributed by atoms with van der Waals surface area (Å²) in [6, 6.07) is 3.90. The van der Waals surface area contributed by atoms with Crippen molar-refractivity contribution >= 4 is 12.2 Å². The first-order chi connectivity index (χ1) is 21.5. The Morgan fingerprint density at radius 3 is 2.58 bits per heavy atom. The number of hydrogen-bond acceptors (Lipinski definition) is 10. The van der Waals surface area contributed by atoms with Crippen molar-refractivity contribution in [2.24, 2.45) is 33.6 Å². The summed E-state index contributed by atoms with van der Waals surface area (Å²) in [6.45, 7) is 4.73. The molecule has 246 valence electrons. The molecule has 1 aromatic rings. The van der Waals surface area contributed by atoms with E-state index < -0.39 is 41.2 Å². The van der Waals surface area contributed by atoms with Gasteiger partial charge in [0.25, 0.3) is 0 Å².